The Morgan fingerprint density at radius 3 is 2.74 bits per heavy atom. The summed E-state index contributed by atoms with van der Waals surface area (Å²) in [7, 11) is 1.69. The Labute approximate surface area is 159 Å². The average molecular weight is 365 g/mol. The third-order valence-electron chi connectivity index (χ3n) is 4.80. The van der Waals surface area contributed by atoms with Gasteiger partial charge in [0.05, 0.1) is 20.3 Å². The second-order valence-electron chi connectivity index (χ2n) is 6.59. The first kappa shape index (κ1) is 17.5. The predicted molar refractivity (Wildman–Crippen MR) is 102 cm³/mol. The van der Waals surface area contributed by atoms with E-state index in [0.717, 1.165) is 29.4 Å². The molecule has 140 valence electrons. The molecule has 0 saturated carbocycles. The first-order valence-corrected chi connectivity index (χ1v) is 8.97. The molecule has 0 amide bonds. The molecular weight excluding hydrogens is 342 g/mol. The van der Waals surface area contributed by atoms with Crippen LogP contribution in [0.2, 0.25) is 0 Å². The summed E-state index contributed by atoms with van der Waals surface area (Å²) in [6.45, 7) is 4.34. The Balaban J connectivity index is 1.36. The number of aromatic nitrogens is 1. The monoisotopic (exact) mass is 365 g/mol. The van der Waals surface area contributed by atoms with Crippen molar-refractivity contribution in [1.82, 2.24) is 4.57 Å². The summed E-state index contributed by atoms with van der Waals surface area (Å²) in [6.07, 6.45) is 2.11. The van der Waals surface area contributed by atoms with Crippen molar-refractivity contribution in [2.24, 2.45) is 0 Å². The maximum absolute atomic E-state index is 5.92. The third-order valence-corrected chi connectivity index (χ3v) is 4.80. The lowest BCUT2D eigenvalue weighted by molar-refractivity contribution is 0.106. The van der Waals surface area contributed by atoms with Crippen molar-refractivity contribution in [2.75, 3.05) is 13.9 Å². The molecule has 1 aromatic heterocycles. The fourth-order valence-electron chi connectivity index (χ4n) is 3.20. The van der Waals surface area contributed by atoms with E-state index in [2.05, 4.69) is 35.9 Å². The SMILES string of the molecule is COc1cccc(Cn2ccc(COCc3ccc4c(c3)OCO4)c2C)c1. The van der Waals surface area contributed by atoms with Crippen molar-refractivity contribution < 1.29 is 18.9 Å². The van der Waals surface area contributed by atoms with Gasteiger partial charge in [0, 0.05) is 18.4 Å². The molecule has 0 fully saturated rings. The highest BCUT2D eigenvalue weighted by Crippen LogP contribution is 2.32. The normalized spacial score (nSPS) is 12.4. The van der Waals surface area contributed by atoms with E-state index in [9.17, 15) is 0 Å². The summed E-state index contributed by atoms with van der Waals surface area (Å²) in [6, 6.07) is 16.2. The van der Waals surface area contributed by atoms with E-state index in [4.69, 9.17) is 18.9 Å². The van der Waals surface area contributed by atoms with Gasteiger partial charge in [-0.05, 0) is 53.9 Å². The van der Waals surface area contributed by atoms with Gasteiger partial charge in [-0.15, -0.1) is 0 Å². The summed E-state index contributed by atoms with van der Waals surface area (Å²) in [5, 5.41) is 0. The molecule has 27 heavy (non-hydrogen) atoms. The van der Waals surface area contributed by atoms with Gasteiger partial charge in [0.1, 0.15) is 5.75 Å². The van der Waals surface area contributed by atoms with Crippen LogP contribution in [0.15, 0.2) is 54.7 Å². The molecule has 0 radical (unpaired) electrons. The number of hydrogen-bond donors (Lipinski definition) is 0. The fraction of sp³-hybridized carbons (Fsp3) is 0.273. The van der Waals surface area contributed by atoms with Crippen LogP contribution in [0.4, 0.5) is 0 Å². The van der Waals surface area contributed by atoms with Crippen molar-refractivity contribution in [2.45, 2.75) is 26.7 Å². The van der Waals surface area contributed by atoms with Crippen LogP contribution in [-0.2, 0) is 24.5 Å². The Hall–Kier alpha value is -2.92. The van der Waals surface area contributed by atoms with Gasteiger partial charge in [-0.2, -0.15) is 0 Å². The zero-order valence-electron chi connectivity index (χ0n) is 15.6. The maximum atomic E-state index is 5.92. The fourth-order valence-corrected chi connectivity index (χ4v) is 3.20. The van der Waals surface area contributed by atoms with Crippen LogP contribution in [0.3, 0.4) is 0 Å². The highest BCUT2D eigenvalue weighted by molar-refractivity contribution is 5.44. The number of rotatable bonds is 7. The average Bonchev–Trinajstić information content (AvgIpc) is 3.29. The number of hydrogen-bond acceptors (Lipinski definition) is 4. The molecular formula is C22H23NO4. The molecule has 5 nitrogen and oxygen atoms in total. The van der Waals surface area contributed by atoms with Crippen LogP contribution in [0.5, 0.6) is 17.2 Å². The molecule has 0 bridgehead atoms. The van der Waals surface area contributed by atoms with Gasteiger partial charge in [0.2, 0.25) is 6.79 Å². The lowest BCUT2D eigenvalue weighted by atomic mass is 10.2. The van der Waals surface area contributed by atoms with E-state index in [1.807, 2.05) is 30.3 Å². The minimum absolute atomic E-state index is 0.291. The predicted octanol–water partition coefficient (Wildman–Crippen LogP) is 4.30. The summed E-state index contributed by atoms with van der Waals surface area (Å²) in [5.41, 5.74) is 4.69. The van der Waals surface area contributed by atoms with Crippen molar-refractivity contribution in [1.29, 1.82) is 0 Å². The van der Waals surface area contributed by atoms with E-state index in [0.29, 0.717) is 20.0 Å². The summed E-state index contributed by atoms with van der Waals surface area (Å²) in [4.78, 5) is 0. The van der Waals surface area contributed by atoms with Crippen LogP contribution in [0.1, 0.15) is 22.4 Å². The molecule has 0 aliphatic carbocycles. The number of methoxy groups -OCH3 is 1. The van der Waals surface area contributed by atoms with E-state index in [1.54, 1.807) is 7.11 Å². The number of ether oxygens (including phenoxy) is 4. The standard InChI is InChI=1S/C22H23NO4/c1-16-19(8-9-23(16)12-17-4-3-5-20(10-17)24-2)14-25-13-18-6-7-21-22(11-18)27-15-26-21/h3-11H,12-15H2,1-2H3. The second kappa shape index (κ2) is 7.76. The van der Waals surface area contributed by atoms with Gasteiger partial charge in [0.25, 0.3) is 0 Å². The van der Waals surface area contributed by atoms with Crippen LogP contribution >= 0.6 is 0 Å². The number of benzene rings is 2. The second-order valence-corrected chi connectivity index (χ2v) is 6.59. The van der Waals surface area contributed by atoms with E-state index < -0.39 is 0 Å². The Kier molecular flexibility index (Phi) is 5.03. The van der Waals surface area contributed by atoms with Crippen molar-refractivity contribution in [3.63, 3.8) is 0 Å². The molecule has 0 unspecified atom stereocenters. The van der Waals surface area contributed by atoms with Gasteiger partial charge in [-0.3, -0.25) is 0 Å². The van der Waals surface area contributed by atoms with E-state index in [1.165, 1.54) is 16.8 Å². The minimum Gasteiger partial charge on any atom is -0.497 e. The summed E-state index contributed by atoms with van der Waals surface area (Å²) in [5.74, 6) is 2.46. The van der Waals surface area contributed by atoms with Gasteiger partial charge in [0.15, 0.2) is 11.5 Å². The molecule has 0 saturated heterocycles. The van der Waals surface area contributed by atoms with E-state index in [-0.39, 0.29) is 0 Å². The molecule has 2 heterocycles. The smallest absolute Gasteiger partial charge is 0.231 e. The van der Waals surface area contributed by atoms with Crippen molar-refractivity contribution in [3.05, 3.63) is 77.1 Å². The molecule has 1 aliphatic rings. The third kappa shape index (κ3) is 3.93. The lowest BCUT2D eigenvalue weighted by Gasteiger charge is -2.10. The van der Waals surface area contributed by atoms with E-state index >= 15 is 0 Å². The topological polar surface area (TPSA) is 41.9 Å². The molecule has 4 rings (SSSR count). The Bertz CT molecular complexity index is 932. The van der Waals surface area contributed by atoms with Crippen molar-refractivity contribution in [3.8, 4) is 17.2 Å². The van der Waals surface area contributed by atoms with Gasteiger partial charge >= 0.3 is 0 Å². The summed E-state index contributed by atoms with van der Waals surface area (Å²) < 4.78 is 24.2. The number of nitrogens with zero attached hydrogens (tertiary/aromatic N) is 1. The molecule has 3 aromatic rings. The lowest BCUT2D eigenvalue weighted by Crippen LogP contribution is -2.02. The highest BCUT2D eigenvalue weighted by Gasteiger charge is 2.13. The first-order valence-electron chi connectivity index (χ1n) is 8.97. The van der Waals surface area contributed by atoms with Crippen LogP contribution in [-0.4, -0.2) is 18.5 Å². The van der Waals surface area contributed by atoms with Crippen molar-refractivity contribution >= 4 is 0 Å². The van der Waals surface area contributed by atoms with Crippen LogP contribution in [0, 0.1) is 6.92 Å². The molecule has 5 heteroatoms. The number of fused-ring (bicyclic) bond motifs is 1. The quantitative estimate of drug-likeness (QED) is 0.626. The van der Waals surface area contributed by atoms with Gasteiger partial charge < -0.3 is 23.5 Å². The maximum Gasteiger partial charge on any atom is 0.231 e. The molecule has 0 N–H and O–H groups in total. The summed E-state index contributed by atoms with van der Waals surface area (Å²) >= 11 is 0. The minimum atomic E-state index is 0.291. The van der Waals surface area contributed by atoms with Crippen LogP contribution < -0.4 is 14.2 Å². The first-order chi connectivity index (χ1) is 13.2. The Morgan fingerprint density at radius 2 is 1.85 bits per heavy atom. The largest absolute Gasteiger partial charge is 0.497 e. The zero-order valence-corrected chi connectivity index (χ0v) is 15.6. The van der Waals surface area contributed by atoms with Gasteiger partial charge in [-0.25, -0.2) is 0 Å². The molecule has 1 aliphatic heterocycles. The highest BCUT2D eigenvalue weighted by atomic mass is 16.7. The van der Waals surface area contributed by atoms with Gasteiger partial charge in [-0.1, -0.05) is 18.2 Å². The molecule has 0 atom stereocenters. The molecule has 0 spiro atoms. The Morgan fingerprint density at radius 1 is 0.963 bits per heavy atom. The molecule has 2 aromatic carbocycles. The zero-order chi connectivity index (χ0) is 18.6. The van der Waals surface area contributed by atoms with Crippen LogP contribution in [0.25, 0.3) is 0 Å².